The van der Waals surface area contributed by atoms with Gasteiger partial charge in [-0.15, -0.1) is 0 Å². The molecule has 0 fully saturated rings. The van der Waals surface area contributed by atoms with Gasteiger partial charge in [-0.1, -0.05) is 65.7 Å². The van der Waals surface area contributed by atoms with E-state index in [0.29, 0.717) is 25.6 Å². The second-order valence-corrected chi connectivity index (χ2v) is 7.49. The maximum absolute atomic E-state index is 12.1. The molecule has 0 saturated heterocycles. The molecule has 4 heteroatoms. The topological polar surface area (TPSA) is 52.6 Å². The van der Waals surface area contributed by atoms with Crippen LogP contribution in [0.2, 0.25) is 0 Å². The van der Waals surface area contributed by atoms with E-state index in [1.807, 2.05) is 0 Å². The average Bonchev–Trinajstić information content (AvgIpc) is 2.61. The molecule has 0 radical (unpaired) electrons. The number of carbonyl (C=O) groups excluding carboxylic acids is 2. The first-order valence-corrected chi connectivity index (χ1v) is 10.8. The zero-order chi connectivity index (χ0) is 19.8. The molecule has 0 aromatic rings. The lowest BCUT2D eigenvalue weighted by Gasteiger charge is -2.18. The normalized spacial score (nSPS) is 14.5. The molecule has 3 atom stereocenters. The minimum absolute atomic E-state index is 0.134. The third-order valence-corrected chi connectivity index (χ3v) is 5.18. The van der Waals surface area contributed by atoms with E-state index in [1.165, 1.54) is 44.9 Å². The molecule has 0 aliphatic carbocycles. The second-order valence-electron chi connectivity index (χ2n) is 7.49. The van der Waals surface area contributed by atoms with E-state index < -0.39 is 0 Å². The van der Waals surface area contributed by atoms with E-state index in [-0.39, 0.29) is 24.3 Å². The summed E-state index contributed by atoms with van der Waals surface area (Å²) in [5.41, 5.74) is 0. The minimum Gasteiger partial charge on any atom is -0.466 e. The molecule has 4 nitrogen and oxygen atoms in total. The molecule has 0 amide bonds. The molecular formula is C22H42O4. The van der Waals surface area contributed by atoms with Crippen LogP contribution in [0.4, 0.5) is 0 Å². The predicted molar refractivity (Wildman–Crippen MR) is 107 cm³/mol. The number of hydrogen-bond acceptors (Lipinski definition) is 4. The minimum atomic E-state index is -0.370. The van der Waals surface area contributed by atoms with Gasteiger partial charge in [0, 0.05) is 0 Å². The molecule has 3 unspecified atom stereocenters. The lowest BCUT2D eigenvalue weighted by atomic mass is 9.89. The highest BCUT2D eigenvalue weighted by Crippen LogP contribution is 2.24. The van der Waals surface area contributed by atoms with Gasteiger partial charge < -0.3 is 9.47 Å². The van der Waals surface area contributed by atoms with Gasteiger partial charge in [0.1, 0.15) is 0 Å². The Balaban J connectivity index is 4.19. The van der Waals surface area contributed by atoms with Crippen molar-refractivity contribution in [2.24, 2.45) is 17.8 Å². The number of ether oxygens (including phenoxy) is 2. The first-order chi connectivity index (χ1) is 12.5. The zero-order valence-corrected chi connectivity index (χ0v) is 17.9. The summed E-state index contributed by atoms with van der Waals surface area (Å²) in [4.78, 5) is 23.8. The highest BCUT2D eigenvalue weighted by molar-refractivity contribution is 5.79. The Kier molecular flexibility index (Phi) is 15.5. The summed E-state index contributed by atoms with van der Waals surface area (Å²) in [7, 11) is 0. The van der Waals surface area contributed by atoms with E-state index in [0.717, 1.165) is 12.3 Å². The van der Waals surface area contributed by atoms with Gasteiger partial charge in [-0.2, -0.15) is 0 Å². The number of carbonyl (C=O) groups is 2. The molecule has 0 spiro atoms. The van der Waals surface area contributed by atoms with Crippen molar-refractivity contribution in [3.05, 3.63) is 0 Å². The van der Waals surface area contributed by atoms with Crippen LogP contribution in [0.1, 0.15) is 98.8 Å². The van der Waals surface area contributed by atoms with Crippen LogP contribution in [-0.2, 0) is 19.1 Å². The molecule has 26 heavy (non-hydrogen) atoms. The molecule has 0 heterocycles. The predicted octanol–water partition coefficient (Wildman–Crippen LogP) is 5.92. The Bertz CT molecular complexity index is 367. The SMILES string of the molecule is CCCC(CC)CCCCC(C)CCC(CC(=O)OCC)C(=O)OCC. The summed E-state index contributed by atoms with van der Waals surface area (Å²) < 4.78 is 10.1. The molecule has 0 aliphatic heterocycles. The summed E-state index contributed by atoms with van der Waals surface area (Å²) in [5, 5.41) is 0. The van der Waals surface area contributed by atoms with Crippen LogP contribution in [0, 0.1) is 17.8 Å². The van der Waals surface area contributed by atoms with Gasteiger partial charge in [0.2, 0.25) is 0 Å². The number of esters is 2. The summed E-state index contributed by atoms with van der Waals surface area (Å²) in [6, 6.07) is 0. The molecule has 0 aliphatic rings. The lowest BCUT2D eigenvalue weighted by molar-refractivity contribution is -0.155. The smallest absolute Gasteiger partial charge is 0.309 e. The van der Waals surface area contributed by atoms with Crippen molar-refractivity contribution in [1.29, 1.82) is 0 Å². The monoisotopic (exact) mass is 370 g/mol. The van der Waals surface area contributed by atoms with Crippen LogP contribution >= 0.6 is 0 Å². The van der Waals surface area contributed by atoms with Gasteiger partial charge in [-0.3, -0.25) is 9.59 Å². The summed E-state index contributed by atoms with van der Waals surface area (Å²) in [5.74, 6) is 0.511. The summed E-state index contributed by atoms with van der Waals surface area (Å²) >= 11 is 0. The van der Waals surface area contributed by atoms with E-state index in [2.05, 4.69) is 20.8 Å². The van der Waals surface area contributed by atoms with E-state index in [9.17, 15) is 9.59 Å². The van der Waals surface area contributed by atoms with E-state index in [1.54, 1.807) is 13.8 Å². The molecule has 0 aromatic heterocycles. The van der Waals surface area contributed by atoms with Gasteiger partial charge in [-0.25, -0.2) is 0 Å². The van der Waals surface area contributed by atoms with Crippen molar-refractivity contribution in [3.8, 4) is 0 Å². The quantitative estimate of drug-likeness (QED) is 0.250. The van der Waals surface area contributed by atoms with Gasteiger partial charge >= 0.3 is 11.9 Å². The first kappa shape index (κ1) is 24.9. The number of unbranched alkanes of at least 4 members (excludes halogenated alkanes) is 1. The van der Waals surface area contributed by atoms with Gasteiger partial charge in [0.25, 0.3) is 0 Å². The Morgan fingerprint density at radius 2 is 1.46 bits per heavy atom. The largest absolute Gasteiger partial charge is 0.466 e. The van der Waals surface area contributed by atoms with Crippen LogP contribution in [0.3, 0.4) is 0 Å². The highest BCUT2D eigenvalue weighted by atomic mass is 16.5. The van der Waals surface area contributed by atoms with E-state index >= 15 is 0 Å². The molecule has 0 bridgehead atoms. The van der Waals surface area contributed by atoms with Crippen LogP contribution < -0.4 is 0 Å². The standard InChI is InChI=1S/C22H42O4/c1-6-12-19(7-2)14-11-10-13-18(5)15-16-20(22(24)26-9-4)17-21(23)25-8-3/h18-20H,6-17H2,1-5H3. The molecule has 0 N–H and O–H groups in total. The Morgan fingerprint density at radius 1 is 0.808 bits per heavy atom. The van der Waals surface area contributed by atoms with Crippen molar-refractivity contribution in [3.63, 3.8) is 0 Å². The third-order valence-electron chi connectivity index (χ3n) is 5.18. The maximum atomic E-state index is 12.1. The maximum Gasteiger partial charge on any atom is 0.309 e. The van der Waals surface area contributed by atoms with Crippen LogP contribution in [0.5, 0.6) is 0 Å². The van der Waals surface area contributed by atoms with Gasteiger partial charge in [0.15, 0.2) is 0 Å². The molecule has 0 saturated carbocycles. The van der Waals surface area contributed by atoms with E-state index in [4.69, 9.17) is 9.47 Å². The fraction of sp³-hybridized carbons (Fsp3) is 0.909. The van der Waals surface area contributed by atoms with Crippen LogP contribution in [-0.4, -0.2) is 25.2 Å². The summed E-state index contributed by atoms with van der Waals surface area (Å²) in [6.45, 7) is 11.1. The van der Waals surface area contributed by atoms with Crippen molar-refractivity contribution >= 4 is 11.9 Å². The summed E-state index contributed by atoms with van der Waals surface area (Å²) in [6.07, 6.45) is 10.8. The van der Waals surface area contributed by atoms with Gasteiger partial charge in [0.05, 0.1) is 25.6 Å². The second kappa shape index (κ2) is 16.1. The number of rotatable bonds is 16. The van der Waals surface area contributed by atoms with Crippen molar-refractivity contribution in [2.45, 2.75) is 98.8 Å². The lowest BCUT2D eigenvalue weighted by Crippen LogP contribution is -2.23. The molecule has 0 aromatic carbocycles. The van der Waals surface area contributed by atoms with Crippen molar-refractivity contribution in [2.75, 3.05) is 13.2 Å². The average molecular weight is 371 g/mol. The Hall–Kier alpha value is -1.06. The zero-order valence-electron chi connectivity index (χ0n) is 17.9. The number of hydrogen-bond donors (Lipinski definition) is 0. The van der Waals surface area contributed by atoms with Crippen LogP contribution in [0.25, 0.3) is 0 Å². The van der Waals surface area contributed by atoms with Crippen molar-refractivity contribution < 1.29 is 19.1 Å². The highest BCUT2D eigenvalue weighted by Gasteiger charge is 2.24. The molecule has 0 rings (SSSR count). The Labute approximate surface area is 161 Å². The third kappa shape index (κ3) is 12.3. The molecular weight excluding hydrogens is 328 g/mol. The van der Waals surface area contributed by atoms with Crippen LogP contribution in [0.15, 0.2) is 0 Å². The fourth-order valence-electron chi connectivity index (χ4n) is 3.50. The first-order valence-electron chi connectivity index (χ1n) is 10.8. The van der Waals surface area contributed by atoms with Crippen molar-refractivity contribution in [1.82, 2.24) is 0 Å². The fourth-order valence-corrected chi connectivity index (χ4v) is 3.50. The molecule has 154 valence electrons. The Morgan fingerprint density at radius 3 is 2.04 bits per heavy atom. The van der Waals surface area contributed by atoms with Gasteiger partial charge in [-0.05, 0) is 38.5 Å².